The third-order valence-corrected chi connectivity index (χ3v) is 4.74. The number of rotatable bonds is 4. The van der Waals surface area contributed by atoms with Gasteiger partial charge in [0.2, 0.25) is 0 Å². The number of hydrazine groups is 1. The number of pyridine rings is 1. The van der Waals surface area contributed by atoms with Gasteiger partial charge in [0, 0.05) is 10.7 Å². The average Bonchev–Trinajstić information content (AvgIpc) is 2.43. The first kappa shape index (κ1) is 18.8. The Morgan fingerprint density at radius 3 is 2.38 bits per heavy atom. The molecule has 2 aromatic rings. The molecule has 1 aromatic carbocycles. The van der Waals surface area contributed by atoms with Crippen molar-refractivity contribution in [3.05, 3.63) is 51.6 Å². The number of sulfonamides is 1. The van der Waals surface area contributed by atoms with Gasteiger partial charge in [-0.25, -0.2) is 13.4 Å². The van der Waals surface area contributed by atoms with E-state index in [0.717, 1.165) is 6.07 Å². The van der Waals surface area contributed by atoms with Crippen LogP contribution in [0.4, 0.5) is 19.0 Å². The van der Waals surface area contributed by atoms with Crippen LogP contribution in [0, 0.1) is 6.92 Å². The molecule has 0 saturated carbocycles. The van der Waals surface area contributed by atoms with E-state index in [-0.39, 0.29) is 26.5 Å². The van der Waals surface area contributed by atoms with Gasteiger partial charge >= 0.3 is 6.18 Å². The zero-order valence-electron chi connectivity index (χ0n) is 11.9. The first-order chi connectivity index (χ1) is 11.0. The van der Waals surface area contributed by atoms with Crippen LogP contribution in [0.15, 0.2) is 35.2 Å². The van der Waals surface area contributed by atoms with Gasteiger partial charge in [0.1, 0.15) is 10.7 Å². The molecular weight excluding hydrogens is 390 g/mol. The highest BCUT2D eigenvalue weighted by Gasteiger charge is 2.31. The van der Waals surface area contributed by atoms with Crippen molar-refractivity contribution in [1.82, 2.24) is 9.82 Å². The molecule has 0 fully saturated rings. The molecule has 0 unspecified atom stereocenters. The normalized spacial score (nSPS) is 12.2. The Kier molecular flexibility index (Phi) is 5.28. The maximum absolute atomic E-state index is 12.8. The number of benzene rings is 1. The van der Waals surface area contributed by atoms with Crippen LogP contribution in [0.1, 0.15) is 11.3 Å². The topological polar surface area (TPSA) is 71.1 Å². The Morgan fingerprint density at radius 2 is 1.79 bits per heavy atom. The number of hydrogen-bond donors (Lipinski definition) is 2. The van der Waals surface area contributed by atoms with Gasteiger partial charge in [-0.15, -0.1) is 4.83 Å². The molecule has 0 aliphatic carbocycles. The summed E-state index contributed by atoms with van der Waals surface area (Å²) in [4.78, 5) is 5.42. The molecule has 1 aromatic heterocycles. The smallest absolute Gasteiger partial charge is 0.292 e. The zero-order valence-corrected chi connectivity index (χ0v) is 14.3. The van der Waals surface area contributed by atoms with Gasteiger partial charge in [-0.2, -0.15) is 13.2 Å². The largest absolute Gasteiger partial charge is 0.416 e. The molecule has 130 valence electrons. The second-order valence-corrected chi connectivity index (χ2v) is 7.18. The Hall–Kier alpha value is -1.55. The second kappa shape index (κ2) is 6.75. The van der Waals surface area contributed by atoms with Crippen LogP contribution in [0.5, 0.6) is 0 Å². The van der Waals surface area contributed by atoms with Crippen molar-refractivity contribution in [2.75, 3.05) is 5.43 Å². The summed E-state index contributed by atoms with van der Waals surface area (Å²) >= 11 is 11.5. The average molecular weight is 400 g/mol. The van der Waals surface area contributed by atoms with Crippen LogP contribution < -0.4 is 10.3 Å². The highest BCUT2D eigenvalue weighted by molar-refractivity contribution is 7.89. The van der Waals surface area contributed by atoms with Gasteiger partial charge in [0.15, 0.2) is 0 Å². The third kappa shape index (κ3) is 4.50. The maximum Gasteiger partial charge on any atom is 0.416 e. The summed E-state index contributed by atoms with van der Waals surface area (Å²) < 4.78 is 62.6. The standard InChI is InChI=1S/C13H10Cl2F3N3O2S/c1-7-4-8(13(16,17)18)5-12(19-7)20-21-24(22,23)11-3-2-9(14)6-10(11)15/h2-6,21H,1H3,(H,19,20). The molecule has 0 atom stereocenters. The highest BCUT2D eigenvalue weighted by Crippen LogP contribution is 2.31. The number of aromatic nitrogens is 1. The summed E-state index contributed by atoms with van der Waals surface area (Å²) in [6, 6.07) is 5.23. The number of nitrogens with zero attached hydrogens (tertiary/aromatic N) is 1. The molecule has 2 rings (SSSR count). The molecule has 11 heteroatoms. The molecule has 5 nitrogen and oxygen atoms in total. The monoisotopic (exact) mass is 399 g/mol. The third-order valence-electron chi connectivity index (χ3n) is 2.78. The van der Waals surface area contributed by atoms with Gasteiger partial charge in [-0.05, 0) is 37.3 Å². The number of hydrogen-bond acceptors (Lipinski definition) is 4. The zero-order chi connectivity index (χ0) is 18.1. The van der Waals surface area contributed by atoms with E-state index in [4.69, 9.17) is 23.2 Å². The molecule has 2 N–H and O–H groups in total. The van der Waals surface area contributed by atoms with Crippen LogP contribution in [0.25, 0.3) is 0 Å². The Bertz CT molecular complexity index is 873. The van der Waals surface area contributed by atoms with E-state index < -0.39 is 21.8 Å². The van der Waals surface area contributed by atoms with E-state index in [9.17, 15) is 21.6 Å². The van der Waals surface area contributed by atoms with Crippen molar-refractivity contribution < 1.29 is 21.6 Å². The molecular formula is C13H10Cl2F3N3O2S. The molecule has 0 aliphatic rings. The fourth-order valence-electron chi connectivity index (χ4n) is 1.76. The first-order valence-electron chi connectivity index (χ1n) is 6.28. The summed E-state index contributed by atoms with van der Waals surface area (Å²) in [6.45, 7) is 1.35. The summed E-state index contributed by atoms with van der Waals surface area (Å²) in [6.07, 6.45) is -4.58. The van der Waals surface area contributed by atoms with E-state index in [0.29, 0.717) is 6.07 Å². The van der Waals surface area contributed by atoms with E-state index >= 15 is 0 Å². The molecule has 0 radical (unpaired) electrons. The maximum atomic E-state index is 12.8. The molecule has 0 aliphatic heterocycles. The first-order valence-corrected chi connectivity index (χ1v) is 8.52. The van der Waals surface area contributed by atoms with Crippen molar-refractivity contribution in [1.29, 1.82) is 0 Å². The predicted octanol–water partition coefficient (Wildman–Crippen LogP) is 4.02. The lowest BCUT2D eigenvalue weighted by atomic mass is 10.2. The summed E-state index contributed by atoms with van der Waals surface area (Å²) in [5.74, 6) is -0.309. The van der Waals surface area contributed by atoms with Gasteiger partial charge in [0.05, 0.1) is 10.6 Å². The van der Waals surface area contributed by atoms with Crippen LogP contribution in [-0.2, 0) is 16.2 Å². The molecule has 0 bridgehead atoms. The van der Waals surface area contributed by atoms with Crippen LogP contribution in [0.2, 0.25) is 10.0 Å². The van der Waals surface area contributed by atoms with E-state index in [1.807, 2.05) is 4.83 Å². The predicted molar refractivity (Wildman–Crippen MR) is 84.4 cm³/mol. The van der Waals surface area contributed by atoms with Crippen LogP contribution in [-0.4, -0.2) is 13.4 Å². The minimum atomic E-state index is -4.58. The molecule has 0 spiro atoms. The van der Waals surface area contributed by atoms with E-state index in [1.54, 1.807) is 0 Å². The summed E-state index contributed by atoms with van der Waals surface area (Å²) in [5, 5.41) is 0.104. The van der Waals surface area contributed by atoms with E-state index in [2.05, 4.69) is 10.4 Å². The Balaban J connectivity index is 2.25. The van der Waals surface area contributed by atoms with Crippen molar-refractivity contribution in [2.24, 2.45) is 0 Å². The minimum absolute atomic E-state index is 0.0658. The summed E-state index contributed by atoms with van der Waals surface area (Å²) in [7, 11) is -4.14. The Labute approximate surface area is 145 Å². The highest BCUT2D eigenvalue weighted by atomic mass is 35.5. The van der Waals surface area contributed by atoms with Gasteiger partial charge in [-0.3, -0.25) is 5.43 Å². The van der Waals surface area contributed by atoms with E-state index in [1.165, 1.54) is 25.1 Å². The quantitative estimate of drug-likeness (QED) is 0.761. The lowest BCUT2D eigenvalue weighted by Gasteiger charge is -2.13. The SMILES string of the molecule is Cc1cc(C(F)(F)F)cc(NNS(=O)(=O)c2ccc(Cl)cc2Cl)n1. The molecule has 0 saturated heterocycles. The molecule has 0 amide bonds. The Morgan fingerprint density at radius 1 is 1.12 bits per heavy atom. The second-order valence-electron chi connectivity index (χ2n) is 4.69. The summed E-state index contributed by atoms with van der Waals surface area (Å²) in [5.41, 5.74) is 1.25. The van der Waals surface area contributed by atoms with Gasteiger partial charge in [-0.1, -0.05) is 23.2 Å². The lowest BCUT2D eigenvalue weighted by Crippen LogP contribution is -2.30. The number of halogens is 5. The number of aryl methyl sites for hydroxylation is 1. The molecule has 1 heterocycles. The number of anilines is 1. The minimum Gasteiger partial charge on any atom is -0.292 e. The van der Waals surface area contributed by atoms with Crippen molar-refractivity contribution in [2.45, 2.75) is 18.0 Å². The van der Waals surface area contributed by atoms with Gasteiger partial charge in [0.25, 0.3) is 10.0 Å². The molecule has 24 heavy (non-hydrogen) atoms. The van der Waals surface area contributed by atoms with Crippen molar-refractivity contribution >= 4 is 39.0 Å². The number of nitrogens with one attached hydrogen (secondary N) is 2. The van der Waals surface area contributed by atoms with Gasteiger partial charge < -0.3 is 0 Å². The van der Waals surface area contributed by atoms with Crippen LogP contribution in [0.3, 0.4) is 0 Å². The van der Waals surface area contributed by atoms with Crippen LogP contribution >= 0.6 is 23.2 Å². The van der Waals surface area contributed by atoms with Crippen molar-refractivity contribution in [3.8, 4) is 0 Å². The lowest BCUT2D eigenvalue weighted by molar-refractivity contribution is -0.137. The fourth-order valence-corrected chi connectivity index (χ4v) is 3.39. The number of alkyl halides is 3. The fraction of sp³-hybridized carbons (Fsp3) is 0.154. The van der Waals surface area contributed by atoms with Crippen molar-refractivity contribution in [3.63, 3.8) is 0 Å².